The van der Waals surface area contributed by atoms with E-state index in [2.05, 4.69) is 9.97 Å². The number of carbonyl (C=O) groups excluding carboxylic acids is 1. The first-order chi connectivity index (χ1) is 7.10. The molecule has 0 amide bonds. The van der Waals surface area contributed by atoms with Gasteiger partial charge < -0.3 is 14.6 Å². The van der Waals surface area contributed by atoms with E-state index in [4.69, 9.17) is 14.6 Å². The highest BCUT2D eigenvalue weighted by atomic mass is 16.5. The van der Waals surface area contributed by atoms with Gasteiger partial charge in [0, 0.05) is 0 Å². The van der Waals surface area contributed by atoms with Gasteiger partial charge in [-0.3, -0.25) is 4.79 Å². The van der Waals surface area contributed by atoms with E-state index in [0.717, 1.165) is 0 Å². The minimum atomic E-state index is -1.14. The standard InChI is InChI=1S/C9H12N2O4/c1-5(12)8(13)7-9(15-3)11-6(14-2)4-10-7/h4-5,12H,1-3H3. The molecule has 0 spiro atoms. The molecule has 0 aliphatic heterocycles. The molecule has 1 aromatic rings. The number of carbonyl (C=O) groups is 1. The minimum Gasteiger partial charge on any atom is -0.480 e. The Hall–Kier alpha value is -1.69. The van der Waals surface area contributed by atoms with E-state index in [1.807, 2.05) is 0 Å². The summed E-state index contributed by atoms with van der Waals surface area (Å²) in [5.74, 6) is -0.253. The summed E-state index contributed by atoms with van der Waals surface area (Å²) in [6.45, 7) is 1.35. The molecule has 1 rings (SSSR count). The zero-order valence-electron chi connectivity index (χ0n) is 8.72. The Morgan fingerprint density at radius 2 is 2.13 bits per heavy atom. The normalized spacial score (nSPS) is 12.0. The Labute approximate surface area is 86.9 Å². The second kappa shape index (κ2) is 4.70. The number of nitrogens with zero attached hydrogens (tertiary/aromatic N) is 2. The van der Waals surface area contributed by atoms with Gasteiger partial charge in [0.2, 0.25) is 17.5 Å². The molecular formula is C9H12N2O4. The van der Waals surface area contributed by atoms with Gasteiger partial charge >= 0.3 is 0 Å². The predicted molar refractivity (Wildman–Crippen MR) is 51.1 cm³/mol. The number of hydrogen-bond donors (Lipinski definition) is 1. The van der Waals surface area contributed by atoms with Gasteiger partial charge in [-0.1, -0.05) is 0 Å². The quantitative estimate of drug-likeness (QED) is 0.710. The van der Waals surface area contributed by atoms with E-state index in [1.54, 1.807) is 0 Å². The molecule has 0 saturated carbocycles. The lowest BCUT2D eigenvalue weighted by Gasteiger charge is -2.08. The third-order valence-electron chi connectivity index (χ3n) is 1.73. The topological polar surface area (TPSA) is 81.5 Å². The summed E-state index contributed by atoms with van der Waals surface area (Å²) in [7, 11) is 2.79. The molecule has 6 heteroatoms. The number of aromatic nitrogens is 2. The van der Waals surface area contributed by atoms with Gasteiger partial charge in [0.1, 0.15) is 6.10 Å². The third kappa shape index (κ3) is 2.41. The Bertz CT molecular complexity index is 365. The number of aliphatic hydroxyl groups is 1. The molecule has 1 unspecified atom stereocenters. The van der Waals surface area contributed by atoms with E-state index in [1.165, 1.54) is 27.3 Å². The first-order valence-corrected chi connectivity index (χ1v) is 4.27. The molecule has 0 radical (unpaired) electrons. The zero-order valence-corrected chi connectivity index (χ0v) is 8.72. The molecule has 1 N–H and O–H groups in total. The second-order valence-corrected chi connectivity index (χ2v) is 2.81. The predicted octanol–water partition coefficient (Wildman–Crippen LogP) is 0.0573. The fraction of sp³-hybridized carbons (Fsp3) is 0.444. The van der Waals surface area contributed by atoms with Crippen molar-refractivity contribution in [1.29, 1.82) is 0 Å². The van der Waals surface area contributed by atoms with E-state index >= 15 is 0 Å². The summed E-state index contributed by atoms with van der Waals surface area (Å²) in [6.07, 6.45) is 0.152. The van der Waals surface area contributed by atoms with Crippen molar-refractivity contribution in [3.8, 4) is 11.8 Å². The van der Waals surface area contributed by atoms with Crippen LogP contribution in [-0.4, -0.2) is 41.2 Å². The first-order valence-electron chi connectivity index (χ1n) is 4.27. The maximum Gasteiger partial charge on any atom is 0.246 e. The largest absolute Gasteiger partial charge is 0.480 e. The number of rotatable bonds is 4. The van der Waals surface area contributed by atoms with E-state index in [0.29, 0.717) is 0 Å². The average Bonchev–Trinajstić information content (AvgIpc) is 2.27. The van der Waals surface area contributed by atoms with Crippen LogP contribution in [0.2, 0.25) is 0 Å². The van der Waals surface area contributed by atoms with Gasteiger partial charge in [0.25, 0.3) is 0 Å². The van der Waals surface area contributed by atoms with Crippen molar-refractivity contribution in [2.45, 2.75) is 13.0 Å². The lowest BCUT2D eigenvalue weighted by atomic mass is 10.2. The van der Waals surface area contributed by atoms with Gasteiger partial charge in [0.05, 0.1) is 20.4 Å². The maximum atomic E-state index is 11.5. The fourth-order valence-electron chi connectivity index (χ4n) is 0.964. The lowest BCUT2D eigenvalue weighted by molar-refractivity contribution is 0.0769. The van der Waals surface area contributed by atoms with Crippen molar-refractivity contribution in [1.82, 2.24) is 9.97 Å². The van der Waals surface area contributed by atoms with Gasteiger partial charge in [-0.15, -0.1) is 0 Å². The number of aliphatic hydroxyl groups excluding tert-OH is 1. The average molecular weight is 212 g/mol. The van der Waals surface area contributed by atoms with Gasteiger partial charge in [0.15, 0.2) is 5.69 Å². The van der Waals surface area contributed by atoms with Crippen molar-refractivity contribution in [2.24, 2.45) is 0 Å². The molecule has 82 valence electrons. The van der Waals surface area contributed by atoms with Crippen LogP contribution < -0.4 is 9.47 Å². The summed E-state index contributed by atoms with van der Waals surface area (Å²) in [5, 5.41) is 9.12. The number of ether oxygens (including phenoxy) is 2. The van der Waals surface area contributed by atoms with Gasteiger partial charge in [-0.25, -0.2) is 4.98 Å². The van der Waals surface area contributed by atoms with Gasteiger partial charge in [-0.2, -0.15) is 4.98 Å². The van der Waals surface area contributed by atoms with Crippen LogP contribution in [0.15, 0.2) is 6.20 Å². The maximum absolute atomic E-state index is 11.5. The number of ketones is 1. The molecule has 0 aliphatic rings. The minimum absolute atomic E-state index is 0.00620. The Kier molecular flexibility index (Phi) is 3.56. The molecule has 1 aromatic heterocycles. The second-order valence-electron chi connectivity index (χ2n) is 2.81. The van der Waals surface area contributed by atoms with E-state index in [-0.39, 0.29) is 17.5 Å². The van der Waals surface area contributed by atoms with Crippen LogP contribution in [-0.2, 0) is 0 Å². The van der Waals surface area contributed by atoms with Crippen molar-refractivity contribution >= 4 is 5.78 Å². The smallest absolute Gasteiger partial charge is 0.246 e. The highest BCUT2D eigenvalue weighted by Gasteiger charge is 2.20. The number of hydrogen-bond acceptors (Lipinski definition) is 6. The van der Waals surface area contributed by atoms with Crippen LogP contribution in [0.25, 0.3) is 0 Å². The lowest BCUT2D eigenvalue weighted by Crippen LogP contribution is -2.19. The first kappa shape index (κ1) is 11.4. The third-order valence-corrected chi connectivity index (χ3v) is 1.73. The SMILES string of the molecule is COc1cnc(C(=O)C(C)O)c(OC)n1. The van der Waals surface area contributed by atoms with Crippen molar-refractivity contribution in [2.75, 3.05) is 14.2 Å². The molecule has 0 aliphatic carbocycles. The summed E-state index contributed by atoms with van der Waals surface area (Å²) in [5.41, 5.74) is -0.00620. The van der Waals surface area contributed by atoms with E-state index in [9.17, 15) is 4.79 Å². The molecule has 0 aromatic carbocycles. The molecule has 15 heavy (non-hydrogen) atoms. The summed E-state index contributed by atoms with van der Waals surface area (Å²) >= 11 is 0. The molecule has 0 bridgehead atoms. The monoisotopic (exact) mass is 212 g/mol. The zero-order chi connectivity index (χ0) is 11.4. The van der Waals surface area contributed by atoms with Gasteiger partial charge in [-0.05, 0) is 6.92 Å². The molecule has 1 heterocycles. The molecule has 6 nitrogen and oxygen atoms in total. The van der Waals surface area contributed by atoms with Crippen LogP contribution in [0.1, 0.15) is 17.4 Å². The van der Waals surface area contributed by atoms with Crippen LogP contribution >= 0.6 is 0 Å². The molecule has 1 atom stereocenters. The van der Waals surface area contributed by atoms with Crippen LogP contribution in [0.4, 0.5) is 0 Å². The fourth-order valence-corrected chi connectivity index (χ4v) is 0.964. The highest BCUT2D eigenvalue weighted by Crippen LogP contribution is 2.17. The van der Waals surface area contributed by atoms with Crippen LogP contribution in [0.3, 0.4) is 0 Å². The Balaban J connectivity index is 3.13. The number of methoxy groups -OCH3 is 2. The van der Waals surface area contributed by atoms with Crippen molar-refractivity contribution in [3.05, 3.63) is 11.9 Å². The molecular weight excluding hydrogens is 200 g/mol. The molecule has 0 saturated heterocycles. The van der Waals surface area contributed by atoms with Crippen molar-refractivity contribution < 1.29 is 19.4 Å². The van der Waals surface area contributed by atoms with Crippen LogP contribution in [0.5, 0.6) is 11.8 Å². The summed E-state index contributed by atoms with van der Waals surface area (Å²) in [6, 6.07) is 0. The molecule has 0 fully saturated rings. The van der Waals surface area contributed by atoms with Crippen LogP contribution in [0, 0.1) is 0 Å². The summed E-state index contributed by atoms with van der Waals surface area (Å²) < 4.78 is 9.70. The van der Waals surface area contributed by atoms with E-state index < -0.39 is 11.9 Å². The highest BCUT2D eigenvalue weighted by molar-refractivity contribution is 5.99. The summed E-state index contributed by atoms with van der Waals surface area (Å²) in [4.78, 5) is 19.1. The van der Waals surface area contributed by atoms with Crippen molar-refractivity contribution in [3.63, 3.8) is 0 Å². The Morgan fingerprint density at radius 1 is 1.47 bits per heavy atom. The Morgan fingerprint density at radius 3 is 2.60 bits per heavy atom. The number of Topliss-reactive ketones (excluding diaryl/α,β-unsaturated/α-hetero) is 1.